The Labute approximate surface area is 118 Å². The van der Waals surface area contributed by atoms with Gasteiger partial charge in [-0.2, -0.15) is 0 Å². The van der Waals surface area contributed by atoms with Gasteiger partial charge in [-0.05, 0) is 53.8 Å². The van der Waals surface area contributed by atoms with E-state index in [0.717, 1.165) is 34.3 Å². The zero-order chi connectivity index (χ0) is 11.5. The van der Waals surface area contributed by atoms with Crippen LogP contribution in [0.4, 0.5) is 0 Å². The molecule has 2 unspecified atom stereocenters. The van der Waals surface area contributed by atoms with Gasteiger partial charge in [-0.1, -0.05) is 0 Å². The minimum Gasteiger partial charge on any atom is -0.352 e. The van der Waals surface area contributed by atoms with Crippen molar-refractivity contribution in [3.05, 3.63) is 19.9 Å². The fourth-order valence-electron chi connectivity index (χ4n) is 1.97. The predicted molar refractivity (Wildman–Crippen MR) is 76.4 cm³/mol. The first-order valence-electron chi connectivity index (χ1n) is 5.31. The van der Waals surface area contributed by atoms with Crippen LogP contribution in [0.2, 0.25) is 0 Å². The van der Waals surface area contributed by atoms with E-state index in [1.807, 2.05) is 11.4 Å². The van der Waals surface area contributed by atoms with Gasteiger partial charge in [0.25, 0.3) is 5.91 Å². The summed E-state index contributed by atoms with van der Waals surface area (Å²) in [4.78, 5) is 11.8. The topological polar surface area (TPSA) is 29.1 Å². The predicted octanol–water partition coefficient (Wildman–Crippen LogP) is 3.49. The number of halogens is 2. The molecule has 1 N–H and O–H groups in total. The number of hydrogen-bond acceptors (Lipinski definition) is 2. The van der Waals surface area contributed by atoms with Crippen LogP contribution in [0, 0.1) is 8.80 Å². The van der Waals surface area contributed by atoms with Gasteiger partial charge < -0.3 is 5.32 Å². The van der Waals surface area contributed by atoms with Crippen LogP contribution in [0.5, 0.6) is 0 Å². The summed E-state index contributed by atoms with van der Waals surface area (Å²) in [6.45, 7) is 0.758. The quantitative estimate of drug-likeness (QED) is 0.641. The number of amides is 1. The highest BCUT2D eigenvalue weighted by Gasteiger charge is 2.23. The molecule has 2 nitrogen and oxygen atoms in total. The molecule has 1 aromatic rings. The Morgan fingerprint density at radius 1 is 1.62 bits per heavy atom. The number of alkyl halides is 1. The third kappa shape index (κ3) is 3.34. The second kappa shape index (κ2) is 5.69. The lowest BCUT2D eigenvalue weighted by atomic mass is 10.1. The number of thiophene rings is 1. The van der Waals surface area contributed by atoms with Crippen molar-refractivity contribution < 1.29 is 4.79 Å². The van der Waals surface area contributed by atoms with Gasteiger partial charge in [-0.25, -0.2) is 0 Å². The molecule has 0 aromatic carbocycles. The summed E-state index contributed by atoms with van der Waals surface area (Å²) in [5.74, 6) is 0.598. The number of carbonyl (C=O) groups excluding carboxylic acids is 1. The summed E-state index contributed by atoms with van der Waals surface area (Å²) in [6, 6.07) is 1.92. The van der Waals surface area contributed by atoms with Crippen LogP contribution in [0.15, 0.2) is 11.4 Å². The first-order chi connectivity index (χ1) is 7.65. The van der Waals surface area contributed by atoms with Crippen molar-refractivity contribution in [3.63, 3.8) is 0 Å². The van der Waals surface area contributed by atoms with Crippen molar-refractivity contribution in [1.29, 1.82) is 0 Å². The van der Waals surface area contributed by atoms with Gasteiger partial charge in [0, 0.05) is 17.3 Å². The molecule has 1 aromatic heterocycles. The Hall–Kier alpha value is 0.190. The summed E-state index contributed by atoms with van der Waals surface area (Å²) in [7, 11) is 0. The SMILES string of the molecule is O=C(NCC1CCC(Cl)C1)c1csc(I)c1. The molecule has 1 heterocycles. The smallest absolute Gasteiger partial charge is 0.252 e. The summed E-state index contributed by atoms with van der Waals surface area (Å²) < 4.78 is 1.14. The number of nitrogens with one attached hydrogen (secondary N) is 1. The molecule has 88 valence electrons. The van der Waals surface area contributed by atoms with E-state index in [1.165, 1.54) is 0 Å². The Bertz CT molecular complexity index is 382. The van der Waals surface area contributed by atoms with Gasteiger partial charge in [0.05, 0.1) is 8.45 Å². The lowest BCUT2D eigenvalue weighted by Crippen LogP contribution is -2.28. The second-order valence-corrected chi connectivity index (χ2v) is 7.55. The highest BCUT2D eigenvalue weighted by atomic mass is 127. The highest BCUT2D eigenvalue weighted by molar-refractivity contribution is 14.1. The third-order valence-corrected chi connectivity index (χ3v) is 5.04. The standard InChI is InChI=1S/C11H13ClINOS/c12-9-2-1-7(3-9)5-14-11(15)8-4-10(13)16-6-8/h4,6-7,9H,1-3,5H2,(H,14,15). The zero-order valence-electron chi connectivity index (χ0n) is 8.71. The summed E-state index contributed by atoms with van der Waals surface area (Å²) in [6.07, 6.45) is 3.25. The fraction of sp³-hybridized carbons (Fsp3) is 0.545. The summed E-state index contributed by atoms with van der Waals surface area (Å²) >= 11 is 9.85. The van der Waals surface area contributed by atoms with Crippen molar-refractivity contribution in [2.24, 2.45) is 5.92 Å². The number of rotatable bonds is 3. The minimum absolute atomic E-state index is 0.0391. The Morgan fingerprint density at radius 2 is 2.44 bits per heavy atom. The second-order valence-electron chi connectivity index (χ2n) is 4.13. The summed E-state index contributed by atoms with van der Waals surface area (Å²) in [5, 5.41) is 5.19. The Balaban J connectivity index is 1.80. The maximum atomic E-state index is 11.8. The lowest BCUT2D eigenvalue weighted by molar-refractivity contribution is 0.0948. The van der Waals surface area contributed by atoms with E-state index in [0.29, 0.717) is 11.3 Å². The molecule has 0 saturated heterocycles. The molecule has 1 fully saturated rings. The molecule has 1 saturated carbocycles. The maximum absolute atomic E-state index is 11.8. The molecule has 5 heteroatoms. The van der Waals surface area contributed by atoms with Crippen LogP contribution < -0.4 is 5.32 Å². The molecule has 1 aliphatic carbocycles. The molecule has 0 aliphatic heterocycles. The van der Waals surface area contributed by atoms with Gasteiger partial charge >= 0.3 is 0 Å². The van der Waals surface area contributed by atoms with E-state index in [9.17, 15) is 4.79 Å². The molecule has 0 radical (unpaired) electrons. The van der Waals surface area contributed by atoms with E-state index >= 15 is 0 Å². The molecule has 1 amide bonds. The van der Waals surface area contributed by atoms with Gasteiger partial charge in [-0.15, -0.1) is 22.9 Å². The lowest BCUT2D eigenvalue weighted by Gasteiger charge is -2.09. The van der Waals surface area contributed by atoms with Crippen molar-refractivity contribution in [3.8, 4) is 0 Å². The van der Waals surface area contributed by atoms with E-state index < -0.39 is 0 Å². The van der Waals surface area contributed by atoms with Crippen molar-refractivity contribution >= 4 is 51.4 Å². The monoisotopic (exact) mass is 369 g/mol. The highest BCUT2D eigenvalue weighted by Crippen LogP contribution is 2.28. The van der Waals surface area contributed by atoms with Gasteiger partial charge in [0.15, 0.2) is 0 Å². The van der Waals surface area contributed by atoms with Gasteiger partial charge in [0.2, 0.25) is 0 Å². The Morgan fingerprint density at radius 3 is 3.00 bits per heavy atom. The van der Waals surface area contributed by atoms with E-state index in [1.54, 1.807) is 11.3 Å². The molecular formula is C11H13ClINOS. The largest absolute Gasteiger partial charge is 0.352 e. The molecule has 0 spiro atoms. The van der Waals surface area contributed by atoms with Crippen LogP contribution in [0.3, 0.4) is 0 Å². The van der Waals surface area contributed by atoms with Crippen molar-refractivity contribution in [1.82, 2.24) is 5.32 Å². The first-order valence-corrected chi connectivity index (χ1v) is 7.71. The molecule has 16 heavy (non-hydrogen) atoms. The normalized spacial score (nSPS) is 24.6. The van der Waals surface area contributed by atoms with E-state index in [4.69, 9.17) is 11.6 Å². The van der Waals surface area contributed by atoms with E-state index in [-0.39, 0.29) is 5.91 Å². The summed E-state index contributed by atoms with van der Waals surface area (Å²) in [5.41, 5.74) is 0.773. The maximum Gasteiger partial charge on any atom is 0.252 e. The van der Waals surface area contributed by atoms with E-state index in [2.05, 4.69) is 27.9 Å². The van der Waals surface area contributed by atoms with Crippen LogP contribution >= 0.6 is 45.5 Å². The average molecular weight is 370 g/mol. The van der Waals surface area contributed by atoms with Crippen molar-refractivity contribution in [2.75, 3.05) is 6.54 Å². The number of hydrogen-bond donors (Lipinski definition) is 1. The molecule has 0 bridgehead atoms. The van der Waals surface area contributed by atoms with Gasteiger partial charge in [0.1, 0.15) is 0 Å². The molecule has 1 aliphatic rings. The molecule has 2 rings (SSSR count). The minimum atomic E-state index is 0.0391. The van der Waals surface area contributed by atoms with Gasteiger partial charge in [-0.3, -0.25) is 4.79 Å². The Kier molecular flexibility index (Phi) is 4.49. The molecule has 2 atom stereocenters. The zero-order valence-corrected chi connectivity index (χ0v) is 12.4. The van der Waals surface area contributed by atoms with Crippen LogP contribution in [0.25, 0.3) is 0 Å². The molecular weight excluding hydrogens is 357 g/mol. The fourth-order valence-corrected chi connectivity index (χ4v) is 3.67. The van der Waals surface area contributed by atoms with Crippen LogP contribution in [-0.2, 0) is 0 Å². The van der Waals surface area contributed by atoms with Crippen LogP contribution in [-0.4, -0.2) is 17.8 Å². The third-order valence-electron chi connectivity index (χ3n) is 2.86. The van der Waals surface area contributed by atoms with Crippen LogP contribution in [0.1, 0.15) is 29.6 Å². The average Bonchev–Trinajstić information content (AvgIpc) is 2.84. The van der Waals surface area contributed by atoms with Crippen molar-refractivity contribution in [2.45, 2.75) is 24.6 Å². The number of carbonyl (C=O) groups is 1. The first kappa shape index (κ1) is 12.6.